The van der Waals surface area contributed by atoms with Gasteiger partial charge >= 0.3 is 0 Å². The Bertz CT molecular complexity index is 1270. The van der Waals surface area contributed by atoms with Crippen LogP contribution in [0, 0.1) is 10.5 Å². The molecule has 0 aliphatic rings. The van der Waals surface area contributed by atoms with Gasteiger partial charge in [-0.3, -0.25) is 9.36 Å². The Balaban J connectivity index is 1.43. The van der Waals surface area contributed by atoms with E-state index in [4.69, 9.17) is 0 Å². The van der Waals surface area contributed by atoms with Crippen molar-refractivity contribution in [1.82, 2.24) is 20.2 Å². The van der Waals surface area contributed by atoms with Gasteiger partial charge in [-0.05, 0) is 77.0 Å². The zero-order valence-electron chi connectivity index (χ0n) is 18.5. The number of para-hydroxylation sites is 1. The van der Waals surface area contributed by atoms with E-state index < -0.39 is 0 Å². The molecule has 0 bridgehead atoms. The van der Waals surface area contributed by atoms with Crippen LogP contribution in [-0.4, -0.2) is 32.6 Å². The molecule has 0 atom stereocenters. The molecule has 0 unspecified atom stereocenters. The molecule has 0 saturated heterocycles. The summed E-state index contributed by atoms with van der Waals surface area (Å²) in [6.45, 7) is 2.50. The van der Waals surface area contributed by atoms with E-state index in [0.29, 0.717) is 11.7 Å². The van der Waals surface area contributed by atoms with Crippen molar-refractivity contribution in [3.8, 4) is 5.69 Å². The summed E-state index contributed by atoms with van der Waals surface area (Å²) in [6, 6.07) is 25.9. The molecule has 0 radical (unpaired) electrons. The first kappa shape index (κ1) is 24.0. The summed E-state index contributed by atoms with van der Waals surface area (Å²) in [7, 11) is 0. The number of carbonyl (C=O) groups is 1. The summed E-state index contributed by atoms with van der Waals surface area (Å²) >= 11 is 3.60. The van der Waals surface area contributed by atoms with Gasteiger partial charge in [0.05, 0.1) is 18.5 Å². The van der Waals surface area contributed by atoms with Crippen LogP contribution in [0.25, 0.3) is 5.69 Å². The second-order valence-corrected chi connectivity index (χ2v) is 9.56. The molecule has 1 heterocycles. The number of anilines is 1. The standard InChI is InChI=1S/C25H23IN6OS/c1-18-7-5-6-8-19(18)15-28-30-24(33)17-34-25-31-29-23(32(25)22-9-3-2-4-10-22)16-27-21-13-11-20(26)12-14-21/h2-15,27H,16-17H2,1H3,(H,30,33)/b28-15+. The minimum absolute atomic E-state index is 0.167. The summed E-state index contributed by atoms with van der Waals surface area (Å²) in [4.78, 5) is 12.4. The quantitative estimate of drug-likeness (QED) is 0.125. The minimum Gasteiger partial charge on any atom is -0.378 e. The van der Waals surface area contributed by atoms with Crippen LogP contribution in [-0.2, 0) is 11.3 Å². The Kier molecular flexibility index (Phi) is 8.31. The Morgan fingerprint density at radius 2 is 1.76 bits per heavy atom. The lowest BCUT2D eigenvalue weighted by Gasteiger charge is -2.11. The molecule has 0 aliphatic carbocycles. The minimum atomic E-state index is -0.212. The summed E-state index contributed by atoms with van der Waals surface area (Å²) in [5.74, 6) is 0.710. The van der Waals surface area contributed by atoms with Gasteiger partial charge in [0.1, 0.15) is 0 Å². The number of amides is 1. The second-order valence-electron chi connectivity index (χ2n) is 7.37. The number of thioether (sulfide) groups is 1. The van der Waals surface area contributed by atoms with E-state index >= 15 is 0 Å². The van der Waals surface area contributed by atoms with Crippen LogP contribution in [0.15, 0.2) is 89.1 Å². The molecule has 7 nitrogen and oxygen atoms in total. The van der Waals surface area contributed by atoms with Crippen molar-refractivity contribution >= 4 is 52.2 Å². The summed E-state index contributed by atoms with van der Waals surface area (Å²) in [6.07, 6.45) is 1.65. The van der Waals surface area contributed by atoms with Gasteiger partial charge < -0.3 is 5.32 Å². The Morgan fingerprint density at radius 3 is 2.53 bits per heavy atom. The lowest BCUT2D eigenvalue weighted by atomic mass is 10.1. The van der Waals surface area contributed by atoms with Crippen molar-refractivity contribution in [3.63, 3.8) is 0 Å². The number of nitrogens with one attached hydrogen (secondary N) is 2. The molecule has 0 aliphatic heterocycles. The lowest BCUT2D eigenvalue weighted by molar-refractivity contribution is -0.118. The van der Waals surface area contributed by atoms with Gasteiger partial charge in [0, 0.05) is 14.9 Å². The molecule has 9 heteroatoms. The third-order valence-electron chi connectivity index (χ3n) is 4.92. The number of aromatic nitrogens is 3. The van der Waals surface area contributed by atoms with Crippen molar-refractivity contribution in [2.75, 3.05) is 11.1 Å². The highest BCUT2D eigenvalue weighted by atomic mass is 127. The lowest BCUT2D eigenvalue weighted by Crippen LogP contribution is -2.20. The van der Waals surface area contributed by atoms with E-state index in [2.05, 4.69) is 48.6 Å². The zero-order chi connectivity index (χ0) is 23.8. The summed E-state index contributed by atoms with van der Waals surface area (Å²) < 4.78 is 3.14. The molecule has 1 aromatic heterocycles. The van der Waals surface area contributed by atoms with Crippen LogP contribution >= 0.6 is 34.4 Å². The Hall–Kier alpha value is -3.18. The third kappa shape index (κ3) is 6.45. The van der Waals surface area contributed by atoms with Crippen LogP contribution < -0.4 is 10.7 Å². The molecular weight excluding hydrogens is 559 g/mol. The summed E-state index contributed by atoms with van der Waals surface area (Å²) in [5, 5.41) is 16.8. The molecule has 3 aromatic carbocycles. The van der Waals surface area contributed by atoms with Crippen LogP contribution in [0.1, 0.15) is 17.0 Å². The zero-order valence-corrected chi connectivity index (χ0v) is 21.5. The fourth-order valence-corrected chi connectivity index (χ4v) is 4.28. The largest absolute Gasteiger partial charge is 0.378 e. The number of nitrogens with zero attached hydrogens (tertiary/aromatic N) is 4. The van der Waals surface area contributed by atoms with E-state index in [1.54, 1.807) is 6.21 Å². The first-order valence-electron chi connectivity index (χ1n) is 10.6. The number of aryl methyl sites for hydroxylation is 1. The maximum atomic E-state index is 12.4. The fraction of sp³-hybridized carbons (Fsp3) is 0.120. The smallest absolute Gasteiger partial charge is 0.250 e. The molecule has 4 aromatic rings. The molecule has 0 spiro atoms. The number of halogens is 1. The molecule has 0 saturated carbocycles. The SMILES string of the molecule is Cc1ccccc1/C=N/NC(=O)CSc1nnc(CNc2ccc(I)cc2)n1-c1ccccc1. The van der Waals surface area contributed by atoms with E-state index in [9.17, 15) is 4.79 Å². The highest BCUT2D eigenvalue weighted by Crippen LogP contribution is 2.23. The van der Waals surface area contributed by atoms with Crippen LogP contribution in [0.4, 0.5) is 5.69 Å². The van der Waals surface area contributed by atoms with Crippen molar-refractivity contribution in [1.29, 1.82) is 0 Å². The molecule has 4 rings (SSSR count). The van der Waals surface area contributed by atoms with E-state index in [-0.39, 0.29) is 11.7 Å². The van der Waals surface area contributed by atoms with Gasteiger partial charge in [0.2, 0.25) is 0 Å². The second kappa shape index (κ2) is 11.8. The third-order valence-corrected chi connectivity index (χ3v) is 6.57. The number of rotatable bonds is 9. The highest BCUT2D eigenvalue weighted by Gasteiger charge is 2.15. The van der Waals surface area contributed by atoms with Gasteiger partial charge in [-0.25, -0.2) is 5.43 Å². The molecule has 1 amide bonds. The Morgan fingerprint density at radius 1 is 1.03 bits per heavy atom. The van der Waals surface area contributed by atoms with Gasteiger partial charge in [-0.15, -0.1) is 10.2 Å². The fourth-order valence-electron chi connectivity index (χ4n) is 3.16. The molecule has 172 valence electrons. The van der Waals surface area contributed by atoms with Crippen molar-refractivity contribution < 1.29 is 4.79 Å². The van der Waals surface area contributed by atoms with Gasteiger partial charge in [0.25, 0.3) is 5.91 Å². The predicted octanol–water partition coefficient (Wildman–Crippen LogP) is 5.03. The first-order chi connectivity index (χ1) is 16.6. The van der Waals surface area contributed by atoms with Crippen LogP contribution in [0.2, 0.25) is 0 Å². The van der Waals surface area contributed by atoms with Crippen molar-refractivity contribution in [2.24, 2.45) is 5.10 Å². The monoisotopic (exact) mass is 582 g/mol. The first-order valence-corrected chi connectivity index (χ1v) is 12.7. The molecule has 34 heavy (non-hydrogen) atoms. The molecule has 2 N–H and O–H groups in total. The Labute approximate surface area is 216 Å². The van der Waals surface area contributed by atoms with Crippen LogP contribution in [0.3, 0.4) is 0 Å². The average molecular weight is 582 g/mol. The van der Waals surface area contributed by atoms with Crippen LogP contribution in [0.5, 0.6) is 0 Å². The molecule has 0 fully saturated rings. The summed E-state index contributed by atoms with van der Waals surface area (Å²) in [5.41, 5.74) is 6.58. The number of hydrogen-bond donors (Lipinski definition) is 2. The van der Waals surface area contributed by atoms with Crippen molar-refractivity contribution in [3.05, 3.63) is 99.4 Å². The number of hydrogen-bond acceptors (Lipinski definition) is 6. The maximum absolute atomic E-state index is 12.4. The van der Waals surface area contributed by atoms with Gasteiger partial charge in [-0.2, -0.15) is 5.10 Å². The maximum Gasteiger partial charge on any atom is 0.250 e. The number of hydrazone groups is 1. The van der Waals surface area contributed by atoms with Crippen molar-refractivity contribution in [2.45, 2.75) is 18.6 Å². The number of carbonyl (C=O) groups excluding carboxylic acids is 1. The highest BCUT2D eigenvalue weighted by molar-refractivity contribution is 14.1. The van der Waals surface area contributed by atoms with E-state index in [0.717, 1.165) is 28.3 Å². The molecular formula is C25H23IN6OS. The number of benzene rings is 3. The van der Waals surface area contributed by atoms with E-state index in [1.807, 2.05) is 90.4 Å². The van der Waals surface area contributed by atoms with E-state index in [1.165, 1.54) is 15.3 Å². The predicted molar refractivity (Wildman–Crippen MR) is 145 cm³/mol. The average Bonchev–Trinajstić information content (AvgIpc) is 3.27. The van der Waals surface area contributed by atoms with Gasteiger partial charge in [-0.1, -0.05) is 54.2 Å². The normalized spacial score (nSPS) is 11.0. The topological polar surface area (TPSA) is 84.2 Å². The van der Waals surface area contributed by atoms with Gasteiger partial charge in [0.15, 0.2) is 11.0 Å².